The van der Waals surface area contributed by atoms with Gasteiger partial charge in [-0.05, 0) is 25.7 Å². The van der Waals surface area contributed by atoms with Crippen LogP contribution in [-0.4, -0.2) is 11.0 Å². The van der Waals surface area contributed by atoms with E-state index in [2.05, 4.69) is 5.32 Å². The van der Waals surface area contributed by atoms with Crippen molar-refractivity contribution in [3.8, 4) is 0 Å². The minimum absolute atomic E-state index is 0.0394. The molecule has 19 heavy (non-hydrogen) atoms. The summed E-state index contributed by atoms with van der Waals surface area (Å²) in [6, 6.07) is 1.47. The average Bonchev–Trinajstić information content (AvgIpc) is 2.80. The number of nitro benzene ring substituents is 1. The zero-order valence-corrected chi connectivity index (χ0v) is 10.7. The molecule has 1 aliphatic carbocycles. The quantitative estimate of drug-likeness (QED) is 0.667. The fraction of sp³-hybridized carbons (Fsp3) is 0.538. The second-order valence-corrected chi connectivity index (χ2v) is 5.02. The van der Waals surface area contributed by atoms with E-state index in [9.17, 15) is 18.9 Å². The molecule has 0 bridgehead atoms. The number of nitrogens with one attached hydrogen (secondary N) is 1. The highest BCUT2D eigenvalue weighted by molar-refractivity contribution is 5.62. The van der Waals surface area contributed by atoms with Crippen molar-refractivity contribution < 1.29 is 13.7 Å². The van der Waals surface area contributed by atoms with E-state index < -0.39 is 22.2 Å². The lowest BCUT2D eigenvalue weighted by Gasteiger charge is -2.21. The second-order valence-electron chi connectivity index (χ2n) is 5.02. The van der Waals surface area contributed by atoms with Crippen LogP contribution in [0.5, 0.6) is 0 Å². The van der Waals surface area contributed by atoms with Crippen LogP contribution in [0.4, 0.5) is 20.2 Å². The molecule has 0 saturated heterocycles. The molecule has 1 N–H and O–H groups in total. The molecule has 1 unspecified atom stereocenters. The third-order valence-corrected chi connectivity index (χ3v) is 3.70. The van der Waals surface area contributed by atoms with Gasteiger partial charge in [0.15, 0.2) is 0 Å². The number of halogens is 2. The summed E-state index contributed by atoms with van der Waals surface area (Å²) < 4.78 is 26.7. The molecule has 1 aromatic carbocycles. The molecule has 2 rings (SSSR count). The predicted molar refractivity (Wildman–Crippen MR) is 68.1 cm³/mol. The molecule has 0 aromatic heterocycles. The van der Waals surface area contributed by atoms with E-state index >= 15 is 0 Å². The Labute approximate surface area is 110 Å². The predicted octanol–water partition coefficient (Wildman–Crippen LogP) is 3.86. The van der Waals surface area contributed by atoms with Crippen molar-refractivity contribution in [1.29, 1.82) is 0 Å². The van der Waals surface area contributed by atoms with E-state index in [1.165, 1.54) is 0 Å². The summed E-state index contributed by atoms with van der Waals surface area (Å²) in [4.78, 5) is 10.0. The maximum absolute atomic E-state index is 13.5. The van der Waals surface area contributed by atoms with Crippen molar-refractivity contribution in [2.75, 3.05) is 5.32 Å². The van der Waals surface area contributed by atoms with Gasteiger partial charge in [-0.3, -0.25) is 10.1 Å². The molecule has 0 spiro atoms. The van der Waals surface area contributed by atoms with Gasteiger partial charge in [-0.25, -0.2) is 4.39 Å². The molecule has 4 nitrogen and oxygen atoms in total. The van der Waals surface area contributed by atoms with E-state index in [0.717, 1.165) is 31.7 Å². The Balaban J connectivity index is 2.25. The number of anilines is 1. The number of nitro groups is 1. The number of nitrogens with zero attached hydrogens (tertiary/aromatic N) is 1. The number of benzene rings is 1. The molecule has 1 fully saturated rings. The largest absolute Gasteiger partial charge is 0.377 e. The van der Waals surface area contributed by atoms with Gasteiger partial charge in [0, 0.05) is 18.2 Å². The molecule has 0 amide bonds. The zero-order valence-electron chi connectivity index (χ0n) is 10.7. The molecule has 0 aliphatic heterocycles. The summed E-state index contributed by atoms with van der Waals surface area (Å²) in [5, 5.41) is 13.8. The molecular formula is C13H16F2N2O2. The number of rotatable bonds is 4. The summed E-state index contributed by atoms with van der Waals surface area (Å²) >= 11 is 0. The Morgan fingerprint density at radius 1 is 1.37 bits per heavy atom. The molecule has 0 radical (unpaired) electrons. The van der Waals surface area contributed by atoms with Crippen LogP contribution in [0, 0.1) is 27.7 Å². The summed E-state index contributed by atoms with van der Waals surface area (Å²) in [6.45, 7) is 1.89. The molecule has 1 aromatic rings. The first kappa shape index (κ1) is 13.7. The monoisotopic (exact) mass is 270 g/mol. The molecule has 1 aliphatic rings. The fourth-order valence-corrected chi connectivity index (χ4v) is 2.68. The Hall–Kier alpha value is -1.72. The van der Waals surface area contributed by atoms with E-state index in [0.29, 0.717) is 12.0 Å². The van der Waals surface area contributed by atoms with Gasteiger partial charge in [-0.1, -0.05) is 12.8 Å². The lowest BCUT2D eigenvalue weighted by atomic mass is 9.99. The van der Waals surface area contributed by atoms with Crippen molar-refractivity contribution in [2.45, 2.75) is 38.6 Å². The van der Waals surface area contributed by atoms with Gasteiger partial charge in [-0.15, -0.1) is 0 Å². The highest BCUT2D eigenvalue weighted by Crippen LogP contribution is 2.33. The Morgan fingerprint density at radius 3 is 2.58 bits per heavy atom. The highest BCUT2D eigenvalue weighted by Gasteiger charge is 2.26. The van der Waals surface area contributed by atoms with Crippen molar-refractivity contribution in [3.05, 3.63) is 33.9 Å². The fourth-order valence-electron chi connectivity index (χ4n) is 2.68. The summed E-state index contributed by atoms with van der Waals surface area (Å²) in [5.41, 5.74) is -0.770. The van der Waals surface area contributed by atoms with Gasteiger partial charge in [-0.2, -0.15) is 4.39 Å². The van der Waals surface area contributed by atoms with Gasteiger partial charge >= 0.3 is 5.69 Å². The average molecular weight is 270 g/mol. The summed E-state index contributed by atoms with van der Waals surface area (Å²) in [5.74, 6) is -1.57. The first-order valence-electron chi connectivity index (χ1n) is 6.39. The van der Waals surface area contributed by atoms with Crippen molar-refractivity contribution in [3.63, 3.8) is 0 Å². The van der Waals surface area contributed by atoms with Gasteiger partial charge in [0.2, 0.25) is 5.82 Å². The van der Waals surface area contributed by atoms with E-state index in [1.54, 1.807) is 0 Å². The SMILES string of the molecule is CC(Nc1cc(F)cc(F)c1[N+](=O)[O-])C1CCCC1. The standard InChI is InChI=1S/C13H16F2N2O2/c1-8(9-4-2-3-5-9)16-12-7-10(14)6-11(15)13(12)17(18)19/h6-9,16H,2-5H2,1H3. The maximum Gasteiger partial charge on any atom is 0.327 e. The molecule has 104 valence electrons. The topological polar surface area (TPSA) is 55.2 Å². The second kappa shape index (κ2) is 5.50. The lowest BCUT2D eigenvalue weighted by Crippen LogP contribution is -2.24. The van der Waals surface area contributed by atoms with Crippen LogP contribution in [-0.2, 0) is 0 Å². The van der Waals surface area contributed by atoms with E-state index in [1.807, 2.05) is 6.92 Å². The molecule has 1 saturated carbocycles. The van der Waals surface area contributed by atoms with Crippen LogP contribution in [0.3, 0.4) is 0 Å². The highest BCUT2D eigenvalue weighted by atomic mass is 19.1. The lowest BCUT2D eigenvalue weighted by molar-refractivity contribution is -0.386. The molecule has 6 heteroatoms. The normalized spacial score (nSPS) is 17.4. The van der Waals surface area contributed by atoms with Crippen LogP contribution in [0.15, 0.2) is 12.1 Å². The summed E-state index contributed by atoms with van der Waals surface area (Å²) in [6.07, 6.45) is 4.35. The van der Waals surface area contributed by atoms with Gasteiger partial charge < -0.3 is 5.32 Å². The van der Waals surface area contributed by atoms with Gasteiger partial charge in [0.25, 0.3) is 0 Å². The van der Waals surface area contributed by atoms with Crippen molar-refractivity contribution in [2.24, 2.45) is 5.92 Å². The summed E-state index contributed by atoms with van der Waals surface area (Å²) in [7, 11) is 0. The third-order valence-electron chi connectivity index (χ3n) is 3.70. The van der Waals surface area contributed by atoms with Crippen LogP contribution in [0.1, 0.15) is 32.6 Å². The van der Waals surface area contributed by atoms with Gasteiger partial charge in [0.05, 0.1) is 4.92 Å². The minimum Gasteiger partial charge on any atom is -0.377 e. The number of hydrogen-bond donors (Lipinski definition) is 1. The molecular weight excluding hydrogens is 254 g/mol. The van der Waals surface area contributed by atoms with Crippen LogP contribution in [0.2, 0.25) is 0 Å². The van der Waals surface area contributed by atoms with Crippen molar-refractivity contribution >= 4 is 11.4 Å². The first-order valence-corrected chi connectivity index (χ1v) is 6.39. The van der Waals surface area contributed by atoms with Crippen LogP contribution < -0.4 is 5.32 Å². The maximum atomic E-state index is 13.5. The van der Waals surface area contributed by atoms with E-state index in [4.69, 9.17) is 0 Å². The smallest absolute Gasteiger partial charge is 0.327 e. The van der Waals surface area contributed by atoms with Crippen molar-refractivity contribution in [1.82, 2.24) is 0 Å². The Kier molecular flexibility index (Phi) is 3.97. The Bertz CT molecular complexity index is 488. The van der Waals surface area contributed by atoms with Crippen LogP contribution in [0.25, 0.3) is 0 Å². The third kappa shape index (κ3) is 3.00. The van der Waals surface area contributed by atoms with E-state index in [-0.39, 0.29) is 11.7 Å². The zero-order chi connectivity index (χ0) is 14.0. The first-order chi connectivity index (χ1) is 8.99. The molecule has 0 heterocycles. The molecule has 1 atom stereocenters. The minimum atomic E-state index is -1.15. The van der Waals surface area contributed by atoms with Gasteiger partial charge in [0.1, 0.15) is 11.5 Å². The van der Waals surface area contributed by atoms with Crippen LogP contribution >= 0.6 is 0 Å². The number of hydrogen-bond acceptors (Lipinski definition) is 3. The Morgan fingerprint density at radius 2 is 2.00 bits per heavy atom.